The first-order valence-corrected chi connectivity index (χ1v) is 9.20. The van der Waals surface area contributed by atoms with Crippen molar-refractivity contribution in [1.29, 1.82) is 0 Å². The van der Waals surface area contributed by atoms with Crippen LogP contribution in [0.3, 0.4) is 0 Å². The lowest BCUT2D eigenvalue weighted by molar-refractivity contribution is -0.140. The lowest BCUT2D eigenvalue weighted by Crippen LogP contribution is -2.52. The van der Waals surface area contributed by atoms with Crippen LogP contribution in [0.1, 0.15) is 12.6 Å². The molecule has 0 atom stereocenters. The highest BCUT2D eigenvalue weighted by atomic mass is 19.4. The maximum atomic E-state index is 12.8. The Morgan fingerprint density at radius 3 is 2.61 bits per heavy atom. The van der Waals surface area contributed by atoms with E-state index in [1.807, 2.05) is 6.92 Å². The fraction of sp³-hybridized carbons (Fsp3) is 0.500. The summed E-state index contributed by atoms with van der Waals surface area (Å²) in [6.07, 6.45) is -3.02. The summed E-state index contributed by atoms with van der Waals surface area (Å²) >= 11 is 0. The van der Waals surface area contributed by atoms with Crippen LogP contribution in [-0.4, -0.2) is 71.6 Å². The molecular weight excluding hydrogens is 373 g/mol. The van der Waals surface area contributed by atoms with Crippen molar-refractivity contribution in [3.05, 3.63) is 30.1 Å². The van der Waals surface area contributed by atoms with E-state index in [1.165, 1.54) is 18.3 Å². The summed E-state index contributed by atoms with van der Waals surface area (Å²) in [6, 6.07) is 3.79. The monoisotopic (exact) mass is 396 g/mol. The lowest BCUT2D eigenvalue weighted by atomic mass is 10.2. The Bertz CT molecular complexity index is 821. The molecule has 3 heterocycles. The number of rotatable bonds is 5. The number of urea groups is 1. The van der Waals surface area contributed by atoms with Crippen molar-refractivity contribution in [1.82, 2.24) is 25.1 Å². The smallest absolute Gasteiger partial charge is 0.368 e. The minimum Gasteiger partial charge on any atom is -0.368 e. The molecule has 1 saturated heterocycles. The van der Waals surface area contributed by atoms with Crippen LogP contribution in [0.5, 0.6) is 0 Å². The molecule has 0 aliphatic carbocycles. The average molecular weight is 396 g/mol. The first kappa shape index (κ1) is 20.1. The Kier molecular flexibility index (Phi) is 6.18. The quantitative estimate of drug-likeness (QED) is 0.812. The van der Waals surface area contributed by atoms with Gasteiger partial charge in [-0.05, 0) is 25.1 Å². The number of carbonyl (C=O) groups is 1. The molecule has 0 unspecified atom stereocenters. The van der Waals surface area contributed by atoms with Gasteiger partial charge in [-0.25, -0.2) is 14.8 Å². The summed E-state index contributed by atoms with van der Waals surface area (Å²) in [5.41, 5.74) is -0.662. The topological polar surface area (TPSA) is 73.4 Å². The molecule has 0 aromatic carbocycles. The number of hydrogen-bond acceptors (Lipinski definition) is 5. The number of piperazine rings is 1. The van der Waals surface area contributed by atoms with Crippen molar-refractivity contribution >= 4 is 22.8 Å². The van der Waals surface area contributed by atoms with Crippen molar-refractivity contribution in [2.45, 2.75) is 13.1 Å². The Labute approximate surface area is 160 Å². The predicted octanol–water partition coefficient (Wildman–Crippen LogP) is 2.41. The van der Waals surface area contributed by atoms with Gasteiger partial charge >= 0.3 is 12.2 Å². The van der Waals surface area contributed by atoms with Gasteiger partial charge in [0.1, 0.15) is 11.5 Å². The lowest BCUT2D eigenvalue weighted by Gasteiger charge is -2.34. The van der Waals surface area contributed by atoms with E-state index < -0.39 is 11.9 Å². The average Bonchev–Trinajstić information content (AvgIpc) is 2.68. The number of amides is 2. The van der Waals surface area contributed by atoms with Gasteiger partial charge in [-0.2, -0.15) is 13.2 Å². The highest BCUT2D eigenvalue weighted by Crippen LogP contribution is 2.30. The van der Waals surface area contributed by atoms with Crippen molar-refractivity contribution in [2.75, 3.05) is 51.1 Å². The van der Waals surface area contributed by atoms with Crippen LogP contribution < -0.4 is 10.6 Å². The number of carbonyl (C=O) groups excluding carboxylic acids is 1. The second kappa shape index (κ2) is 8.59. The van der Waals surface area contributed by atoms with Gasteiger partial charge in [0, 0.05) is 57.4 Å². The van der Waals surface area contributed by atoms with E-state index in [0.29, 0.717) is 37.4 Å². The van der Waals surface area contributed by atoms with Gasteiger partial charge < -0.3 is 15.5 Å². The van der Waals surface area contributed by atoms with Gasteiger partial charge in [0.2, 0.25) is 0 Å². The number of halogens is 3. The Morgan fingerprint density at radius 2 is 1.93 bits per heavy atom. The molecule has 152 valence electrons. The van der Waals surface area contributed by atoms with E-state index in [9.17, 15) is 18.0 Å². The van der Waals surface area contributed by atoms with E-state index in [1.54, 1.807) is 4.90 Å². The van der Waals surface area contributed by atoms with E-state index in [-0.39, 0.29) is 11.5 Å². The predicted molar refractivity (Wildman–Crippen MR) is 100 cm³/mol. The van der Waals surface area contributed by atoms with Crippen molar-refractivity contribution in [3.63, 3.8) is 0 Å². The van der Waals surface area contributed by atoms with E-state index in [4.69, 9.17) is 0 Å². The summed E-state index contributed by atoms with van der Waals surface area (Å²) in [6.45, 7) is 6.73. The molecule has 0 saturated carbocycles. The molecular formula is C18H23F3N6O. The second-order valence-electron chi connectivity index (χ2n) is 6.51. The summed E-state index contributed by atoms with van der Waals surface area (Å²) in [7, 11) is 0. The Balaban J connectivity index is 1.54. The number of aromatic nitrogens is 2. The van der Waals surface area contributed by atoms with Crippen molar-refractivity contribution in [2.24, 2.45) is 0 Å². The van der Waals surface area contributed by atoms with E-state index in [2.05, 4.69) is 25.5 Å². The van der Waals surface area contributed by atoms with Crippen LogP contribution in [0.2, 0.25) is 0 Å². The molecule has 2 N–H and O–H groups in total. The fourth-order valence-electron chi connectivity index (χ4n) is 3.12. The molecule has 2 aromatic rings. The number of nitrogens with zero attached hydrogens (tertiary/aromatic N) is 4. The molecule has 0 radical (unpaired) electrons. The number of hydrogen-bond donors (Lipinski definition) is 2. The minimum atomic E-state index is -4.47. The van der Waals surface area contributed by atoms with Crippen LogP contribution in [0.15, 0.2) is 24.4 Å². The number of anilines is 1. The molecule has 2 amide bonds. The fourth-order valence-corrected chi connectivity index (χ4v) is 3.12. The Hall–Kier alpha value is -2.62. The van der Waals surface area contributed by atoms with Crippen LogP contribution in [0.25, 0.3) is 10.9 Å². The zero-order valence-electron chi connectivity index (χ0n) is 15.6. The zero-order valence-corrected chi connectivity index (χ0v) is 15.6. The van der Waals surface area contributed by atoms with Crippen LogP contribution in [0.4, 0.5) is 23.8 Å². The van der Waals surface area contributed by atoms with E-state index in [0.717, 1.165) is 25.7 Å². The van der Waals surface area contributed by atoms with Gasteiger partial charge in [0.05, 0.1) is 5.52 Å². The first-order chi connectivity index (χ1) is 13.4. The van der Waals surface area contributed by atoms with Gasteiger partial charge in [-0.15, -0.1) is 0 Å². The highest BCUT2D eigenvalue weighted by Gasteiger charge is 2.32. The summed E-state index contributed by atoms with van der Waals surface area (Å²) in [4.78, 5) is 23.8. The standard InChI is InChI=1S/C18H23F3N6O/c1-2-22-17(28)27-11-9-26(10-12-27)8-7-24-16-13-3-4-15(18(19,20)21)25-14(13)5-6-23-16/h3-6H,2,7-12H2,1H3,(H,22,28)(H,23,24). The summed E-state index contributed by atoms with van der Waals surface area (Å²) < 4.78 is 38.5. The SMILES string of the molecule is CCNC(=O)N1CCN(CCNc2nccc3nc(C(F)(F)F)ccc23)CC1. The molecule has 10 heteroatoms. The Morgan fingerprint density at radius 1 is 1.18 bits per heavy atom. The van der Waals surface area contributed by atoms with E-state index >= 15 is 0 Å². The normalized spacial score (nSPS) is 15.6. The number of fused-ring (bicyclic) bond motifs is 1. The van der Waals surface area contributed by atoms with Gasteiger partial charge in [-0.1, -0.05) is 0 Å². The molecule has 3 rings (SSSR count). The summed E-state index contributed by atoms with van der Waals surface area (Å²) in [5.74, 6) is 0.514. The second-order valence-corrected chi connectivity index (χ2v) is 6.51. The largest absolute Gasteiger partial charge is 0.433 e. The van der Waals surface area contributed by atoms with Crippen molar-refractivity contribution < 1.29 is 18.0 Å². The molecule has 0 bridgehead atoms. The van der Waals surface area contributed by atoms with Gasteiger partial charge in [0.25, 0.3) is 0 Å². The number of nitrogens with one attached hydrogen (secondary N) is 2. The molecule has 7 nitrogen and oxygen atoms in total. The van der Waals surface area contributed by atoms with Gasteiger partial charge in [0.15, 0.2) is 0 Å². The molecule has 1 aliphatic heterocycles. The molecule has 0 spiro atoms. The third-order valence-corrected chi connectivity index (χ3v) is 4.61. The van der Waals surface area contributed by atoms with Crippen LogP contribution >= 0.6 is 0 Å². The van der Waals surface area contributed by atoms with Crippen LogP contribution in [-0.2, 0) is 6.18 Å². The molecule has 1 fully saturated rings. The zero-order chi connectivity index (χ0) is 20.1. The van der Waals surface area contributed by atoms with Crippen molar-refractivity contribution in [3.8, 4) is 0 Å². The van der Waals surface area contributed by atoms with Gasteiger partial charge in [-0.3, -0.25) is 4.90 Å². The third-order valence-electron chi connectivity index (χ3n) is 4.61. The molecule has 28 heavy (non-hydrogen) atoms. The number of alkyl halides is 3. The summed E-state index contributed by atoms with van der Waals surface area (Å²) in [5, 5.41) is 6.53. The number of pyridine rings is 2. The third kappa shape index (κ3) is 4.80. The van der Waals surface area contributed by atoms with Crippen LogP contribution in [0, 0.1) is 0 Å². The molecule has 1 aliphatic rings. The first-order valence-electron chi connectivity index (χ1n) is 9.20. The maximum absolute atomic E-state index is 12.8. The highest BCUT2D eigenvalue weighted by molar-refractivity contribution is 5.89. The maximum Gasteiger partial charge on any atom is 0.433 e. The molecule has 2 aromatic heterocycles. The minimum absolute atomic E-state index is 0.0362.